The van der Waals surface area contributed by atoms with Crippen molar-refractivity contribution in [1.82, 2.24) is 29.4 Å². The van der Waals surface area contributed by atoms with Gasteiger partial charge in [0.05, 0.1) is 24.5 Å². The monoisotopic (exact) mass is 341 g/mol. The maximum Gasteiger partial charge on any atom is 0.227 e. The highest BCUT2D eigenvalue weighted by atomic mass is 16.2. The number of hydrogen-bond donors (Lipinski definition) is 0. The van der Waals surface area contributed by atoms with Gasteiger partial charge in [-0.05, 0) is 19.3 Å². The van der Waals surface area contributed by atoms with Crippen LogP contribution in [0.2, 0.25) is 0 Å². The van der Waals surface area contributed by atoms with Crippen LogP contribution in [0, 0.1) is 0 Å². The summed E-state index contributed by atoms with van der Waals surface area (Å²) >= 11 is 0. The van der Waals surface area contributed by atoms with Gasteiger partial charge in [-0.1, -0.05) is 0 Å². The van der Waals surface area contributed by atoms with Crippen molar-refractivity contribution in [2.45, 2.75) is 51.2 Å². The van der Waals surface area contributed by atoms with Crippen LogP contribution in [-0.2, 0) is 24.3 Å². The van der Waals surface area contributed by atoms with Gasteiger partial charge in [0.25, 0.3) is 0 Å². The molecule has 0 N–H and O–H groups in total. The van der Waals surface area contributed by atoms with Crippen LogP contribution in [0.15, 0.2) is 12.4 Å². The van der Waals surface area contributed by atoms with Crippen molar-refractivity contribution in [2.24, 2.45) is 0 Å². The number of carbonyl (C=O) groups excluding carboxylic acids is 1. The van der Waals surface area contributed by atoms with Crippen LogP contribution in [0.3, 0.4) is 0 Å². The van der Waals surface area contributed by atoms with E-state index in [1.807, 2.05) is 22.0 Å². The molecule has 0 aromatic carbocycles. The molecular weight excluding hydrogens is 318 g/mol. The summed E-state index contributed by atoms with van der Waals surface area (Å²) in [4.78, 5) is 16.2. The van der Waals surface area contributed by atoms with Gasteiger partial charge in [0, 0.05) is 45.2 Å². The molecule has 2 fully saturated rings. The Morgan fingerprint density at radius 2 is 2.04 bits per heavy atom. The van der Waals surface area contributed by atoms with Gasteiger partial charge < -0.3 is 9.47 Å². The SMILES string of the molecule is O=C1CCCN1c1cnn(C2CCN(Cc3nnc4n3CCC4)C2)c1. The molecule has 0 aliphatic carbocycles. The van der Waals surface area contributed by atoms with E-state index in [2.05, 4.69) is 24.8 Å². The zero-order valence-electron chi connectivity index (χ0n) is 14.3. The van der Waals surface area contributed by atoms with Gasteiger partial charge in [-0.15, -0.1) is 10.2 Å². The molecule has 1 atom stereocenters. The van der Waals surface area contributed by atoms with Crippen LogP contribution in [0.4, 0.5) is 5.69 Å². The highest BCUT2D eigenvalue weighted by Gasteiger charge is 2.28. The molecule has 132 valence electrons. The summed E-state index contributed by atoms with van der Waals surface area (Å²) in [6.45, 7) is 4.75. The molecule has 2 aromatic rings. The number of fused-ring (bicyclic) bond motifs is 1. The quantitative estimate of drug-likeness (QED) is 0.829. The topological polar surface area (TPSA) is 72.1 Å². The van der Waals surface area contributed by atoms with Crippen molar-refractivity contribution in [2.75, 3.05) is 24.5 Å². The summed E-state index contributed by atoms with van der Waals surface area (Å²) in [5, 5.41) is 13.2. The summed E-state index contributed by atoms with van der Waals surface area (Å²) in [7, 11) is 0. The number of carbonyl (C=O) groups is 1. The third-order valence-electron chi connectivity index (χ3n) is 5.65. The number of aromatic nitrogens is 5. The molecule has 25 heavy (non-hydrogen) atoms. The van der Waals surface area contributed by atoms with E-state index in [-0.39, 0.29) is 5.91 Å². The van der Waals surface area contributed by atoms with Crippen LogP contribution < -0.4 is 4.90 Å². The minimum absolute atomic E-state index is 0.216. The van der Waals surface area contributed by atoms with Gasteiger partial charge in [-0.3, -0.25) is 14.4 Å². The molecule has 2 aromatic heterocycles. The Bertz CT molecular complexity index is 795. The van der Waals surface area contributed by atoms with Crippen LogP contribution >= 0.6 is 0 Å². The number of hydrogen-bond acceptors (Lipinski definition) is 5. The molecule has 2 saturated heterocycles. The molecule has 8 nitrogen and oxygen atoms in total. The maximum absolute atomic E-state index is 11.9. The van der Waals surface area contributed by atoms with Crippen molar-refractivity contribution in [3.63, 3.8) is 0 Å². The van der Waals surface area contributed by atoms with E-state index in [4.69, 9.17) is 0 Å². The predicted octanol–water partition coefficient (Wildman–Crippen LogP) is 0.995. The number of amides is 1. The van der Waals surface area contributed by atoms with Gasteiger partial charge >= 0.3 is 0 Å². The number of rotatable bonds is 4. The fourth-order valence-corrected chi connectivity index (χ4v) is 4.29. The minimum atomic E-state index is 0.216. The van der Waals surface area contributed by atoms with Gasteiger partial charge in [0.1, 0.15) is 11.6 Å². The Balaban J connectivity index is 1.25. The molecule has 5 heterocycles. The van der Waals surface area contributed by atoms with Crippen molar-refractivity contribution in [3.8, 4) is 0 Å². The van der Waals surface area contributed by atoms with E-state index in [1.165, 1.54) is 6.42 Å². The number of anilines is 1. The van der Waals surface area contributed by atoms with Crippen molar-refractivity contribution >= 4 is 11.6 Å². The Morgan fingerprint density at radius 1 is 1.12 bits per heavy atom. The van der Waals surface area contributed by atoms with Gasteiger partial charge in [0.2, 0.25) is 5.91 Å². The molecule has 3 aliphatic heterocycles. The minimum Gasteiger partial charge on any atom is -0.314 e. The van der Waals surface area contributed by atoms with E-state index in [1.54, 1.807) is 0 Å². The first kappa shape index (κ1) is 15.1. The largest absolute Gasteiger partial charge is 0.314 e. The molecule has 3 aliphatic rings. The molecule has 5 rings (SSSR count). The maximum atomic E-state index is 11.9. The predicted molar refractivity (Wildman–Crippen MR) is 91.1 cm³/mol. The van der Waals surface area contributed by atoms with Gasteiger partial charge in [0.15, 0.2) is 0 Å². The van der Waals surface area contributed by atoms with Gasteiger partial charge in [-0.2, -0.15) is 5.10 Å². The van der Waals surface area contributed by atoms with E-state index < -0.39 is 0 Å². The number of nitrogens with zero attached hydrogens (tertiary/aromatic N) is 7. The summed E-state index contributed by atoms with van der Waals surface area (Å²) < 4.78 is 4.31. The van der Waals surface area contributed by atoms with E-state index >= 15 is 0 Å². The van der Waals surface area contributed by atoms with E-state index in [0.717, 1.165) is 69.3 Å². The molecule has 8 heteroatoms. The van der Waals surface area contributed by atoms with E-state index in [9.17, 15) is 4.79 Å². The summed E-state index contributed by atoms with van der Waals surface area (Å²) in [5.41, 5.74) is 0.941. The van der Waals surface area contributed by atoms with Gasteiger partial charge in [-0.25, -0.2) is 0 Å². The second-order valence-corrected chi connectivity index (χ2v) is 7.29. The lowest BCUT2D eigenvalue weighted by Crippen LogP contribution is -2.24. The zero-order valence-corrected chi connectivity index (χ0v) is 14.3. The molecule has 0 radical (unpaired) electrons. The van der Waals surface area contributed by atoms with Crippen molar-refractivity contribution in [1.29, 1.82) is 0 Å². The lowest BCUT2D eigenvalue weighted by atomic mass is 10.3. The molecular formula is C17H23N7O. The Labute approximate surface area is 146 Å². The first-order valence-corrected chi connectivity index (χ1v) is 9.26. The molecule has 0 spiro atoms. The Hall–Kier alpha value is -2.22. The first-order chi connectivity index (χ1) is 12.3. The third-order valence-corrected chi connectivity index (χ3v) is 5.65. The second-order valence-electron chi connectivity index (χ2n) is 7.29. The van der Waals surface area contributed by atoms with E-state index in [0.29, 0.717) is 12.5 Å². The van der Waals surface area contributed by atoms with Crippen LogP contribution in [-0.4, -0.2) is 55.0 Å². The average Bonchev–Trinajstić information content (AvgIpc) is 3.38. The molecule has 1 amide bonds. The fourth-order valence-electron chi connectivity index (χ4n) is 4.29. The van der Waals surface area contributed by atoms with Crippen LogP contribution in [0.25, 0.3) is 0 Å². The summed E-state index contributed by atoms with van der Waals surface area (Å²) in [6.07, 6.45) is 8.79. The van der Waals surface area contributed by atoms with Crippen LogP contribution in [0.5, 0.6) is 0 Å². The summed E-state index contributed by atoms with van der Waals surface area (Å²) in [6, 6.07) is 0.368. The lowest BCUT2D eigenvalue weighted by molar-refractivity contribution is -0.117. The number of aryl methyl sites for hydroxylation is 1. The number of likely N-dealkylation sites (tertiary alicyclic amines) is 1. The third kappa shape index (κ3) is 2.64. The Kier molecular flexibility index (Phi) is 3.58. The average molecular weight is 341 g/mol. The highest BCUT2D eigenvalue weighted by molar-refractivity contribution is 5.95. The van der Waals surface area contributed by atoms with Crippen molar-refractivity contribution in [3.05, 3.63) is 24.0 Å². The fraction of sp³-hybridized carbons (Fsp3) is 0.647. The first-order valence-electron chi connectivity index (χ1n) is 9.26. The molecule has 0 bridgehead atoms. The second kappa shape index (κ2) is 5.94. The normalized spacial score (nSPS) is 23.8. The molecule has 0 saturated carbocycles. The summed E-state index contributed by atoms with van der Waals surface area (Å²) in [5.74, 6) is 2.45. The lowest BCUT2D eigenvalue weighted by Gasteiger charge is -2.16. The standard InChI is InChI=1S/C17H23N7O/c25-17-4-2-6-22(17)14-9-18-24(11-14)13-5-8-21(10-13)12-16-20-19-15-3-1-7-23(15)16/h9,11,13H,1-8,10,12H2. The van der Waals surface area contributed by atoms with Crippen LogP contribution in [0.1, 0.15) is 43.4 Å². The highest BCUT2D eigenvalue weighted by Crippen LogP contribution is 2.27. The van der Waals surface area contributed by atoms with Crippen molar-refractivity contribution < 1.29 is 4.79 Å². The smallest absolute Gasteiger partial charge is 0.227 e. The molecule has 1 unspecified atom stereocenters. The Morgan fingerprint density at radius 3 is 2.92 bits per heavy atom. The zero-order chi connectivity index (χ0) is 16.8.